The van der Waals surface area contributed by atoms with Gasteiger partial charge in [-0.1, -0.05) is 30.3 Å². The Kier molecular flexibility index (Phi) is 5.46. The van der Waals surface area contributed by atoms with Gasteiger partial charge < -0.3 is 10.6 Å². The first-order valence-corrected chi connectivity index (χ1v) is 8.56. The van der Waals surface area contributed by atoms with E-state index in [-0.39, 0.29) is 5.91 Å². The lowest BCUT2D eigenvalue weighted by Gasteiger charge is -2.32. The van der Waals surface area contributed by atoms with Gasteiger partial charge in [-0.2, -0.15) is 0 Å². The average Bonchev–Trinajstić information content (AvgIpc) is 3.38. The third-order valence-electron chi connectivity index (χ3n) is 4.68. The Morgan fingerprint density at radius 2 is 1.82 bits per heavy atom. The number of piperidine rings is 1. The smallest absolute Gasteiger partial charge is 0.234 e. The first-order chi connectivity index (χ1) is 10.8. The molecule has 0 atom stereocenters. The zero-order valence-corrected chi connectivity index (χ0v) is 13.3. The fraction of sp³-hybridized carbons (Fsp3) is 0.611. The molecule has 1 saturated heterocycles. The van der Waals surface area contributed by atoms with Gasteiger partial charge in [-0.15, -0.1) is 0 Å². The van der Waals surface area contributed by atoms with Crippen LogP contribution in [-0.4, -0.2) is 43.0 Å². The molecule has 1 saturated carbocycles. The molecule has 0 unspecified atom stereocenters. The van der Waals surface area contributed by atoms with E-state index in [1.54, 1.807) is 0 Å². The number of amides is 1. The summed E-state index contributed by atoms with van der Waals surface area (Å²) in [6.07, 6.45) is 5.15. The van der Waals surface area contributed by atoms with Gasteiger partial charge in [0.1, 0.15) is 0 Å². The molecular weight excluding hydrogens is 274 g/mol. The number of hydrogen-bond acceptors (Lipinski definition) is 3. The Balaban J connectivity index is 1.30. The predicted octanol–water partition coefficient (Wildman–Crippen LogP) is 1.77. The van der Waals surface area contributed by atoms with Gasteiger partial charge in [-0.25, -0.2) is 0 Å². The van der Waals surface area contributed by atoms with Crippen molar-refractivity contribution < 1.29 is 4.79 Å². The van der Waals surface area contributed by atoms with E-state index in [2.05, 4.69) is 15.5 Å². The van der Waals surface area contributed by atoms with E-state index in [0.717, 1.165) is 24.6 Å². The van der Waals surface area contributed by atoms with Crippen LogP contribution in [0.25, 0.3) is 0 Å². The lowest BCUT2D eigenvalue weighted by atomic mass is 10.0. The van der Waals surface area contributed by atoms with Crippen molar-refractivity contribution in [1.82, 2.24) is 15.5 Å². The molecule has 1 amide bonds. The molecule has 2 fully saturated rings. The van der Waals surface area contributed by atoms with Crippen molar-refractivity contribution in [1.29, 1.82) is 0 Å². The van der Waals surface area contributed by atoms with E-state index < -0.39 is 0 Å². The molecule has 2 N–H and O–H groups in total. The summed E-state index contributed by atoms with van der Waals surface area (Å²) in [6.45, 7) is 4.41. The zero-order valence-electron chi connectivity index (χ0n) is 13.3. The summed E-state index contributed by atoms with van der Waals surface area (Å²) in [5.41, 5.74) is 1.15. The Morgan fingerprint density at radius 3 is 2.50 bits per heavy atom. The zero-order chi connectivity index (χ0) is 15.2. The normalized spacial score (nSPS) is 20.0. The summed E-state index contributed by atoms with van der Waals surface area (Å²) in [7, 11) is 0. The fourth-order valence-corrected chi connectivity index (χ4v) is 3.01. The summed E-state index contributed by atoms with van der Waals surface area (Å²) in [4.78, 5) is 14.3. The maximum atomic E-state index is 12.0. The number of hydrogen-bond donors (Lipinski definition) is 2. The topological polar surface area (TPSA) is 44.4 Å². The third kappa shape index (κ3) is 5.11. The van der Waals surface area contributed by atoms with Crippen molar-refractivity contribution in [3.63, 3.8) is 0 Å². The lowest BCUT2D eigenvalue weighted by Crippen LogP contribution is -2.46. The summed E-state index contributed by atoms with van der Waals surface area (Å²) in [5.74, 6) is 1.08. The number of carbonyl (C=O) groups excluding carboxylic acids is 1. The average molecular weight is 301 g/mol. The molecule has 22 heavy (non-hydrogen) atoms. The molecule has 2 aliphatic rings. The van der Waals surface area contributed by atoms with Crippen LogP contribution in [0.3, 0.4) is 0 Å². The third-order valence-corrected chi connectivity index (χ3v) is 4.68. The Morgan fingerprint density at radius 1 is 1.09 bits per heavy atom. The van der Waals surface area contributed by atoms with E-state index in [0.29, 0.717) is 19.1 Å². The molecule has 4 heteroatoms. The van der Waals surface area contributed by atoms with E-state index >= 15 is 0 Å². The molecule has 120 valence electrons. The quantitative estimate of drug-likeness (QED) is 0.807. The molecule has 1 aromatic carbocycles. The maximum absolute atomic E-state index is 12.0. The second-order valence-electron chi connectivity index (χ2n) is 6.66. The molecular formula is C18H27N3O. The van der Waals surface area contributed by atoms with Crippen LogP contribution >= 0.6 is 0 Å². The van der Waals surface area contributed by atoms with Crippen molar-refractivity contribution in [3.05, 3.63) is 35.9 Å². The molecule has 0 bridgehead atoms. The van der Waals surface area contributed by atoms with Crippen molar-refractivity contribution >= 4 is 5.91 Å². The molecule has 0 radical (unpaired) electrons. The number of carbonyl (C=O) groups is 1. The minimum absolute atomic E-state index is 0.133. The maximum Gasteiger partial charge on any atom is 0.234 e. The van der Waals surface area contributed by atoms with Gasteiger partial charge in [-0.05, 0) is 43.7 Å². The highest BCUT2D eigenvalue weighted by Gasteiger charge is 2.24. The Bertz CT molecular complexity index is 464. The SMILES string of the molecule is O=C(CN1CCC(NCC2CC2)CC1)NCc1ccccc1. The van der Waals surface area contributed by atoms with Gasteiger partial charge in [0, 0.05) is 25.7 Å². The van der Waals surface area contributed by atoms with E-state index in [1.165, 1.54) is 32.2 Å². The van der Waals surface area contributed by atoms with Gasteiger partial charge in [0.2, 0.25) is 5.91 Å². The Hall–Kier alpha value is -1.39. The minimum Gasteiger partial charge on any atom is -0.351 e. The molecule has 1 aliphatic carbocycles. The number of nitrogens with zero attached hydrogens (tertiary/aromatic N) is 1. The molecule has 1 heterocycles. The van der Waals surface area contributed by atoms with Crippen molar-refractivity contribution in [3.8, 4) is 0 Å². The van der Waals surface area contributed by atoms with Crippen LogP contribution < -0.4 is 10.6 Å². The summed E-state index contributed by atoms with van der Waals surface area (Å²) in [6, 6.07) is 10.7. The highest BCUT2D eigenvalue weighted by Crippen LogP contribution is 2.28. The predicted molar refractivity (Wildman–Crippen MR) is 88.5 cm³/mol. The first kappa shape index (κ1) is 15.5. The molecule has 0 spiro atoms. The van der Waals surface area contributed by atoms with Crippen LogP contribution in [0.1, 0.15) is 31.2 Å². The van der Waals surface area contributed by atoms with Gasteiger partial charge in [0.25, 0.3) is 0 Å². The second kappa shape index (κ2) is 7.75. The van der Waals surface area contributed by atoms with Crippen LogP contribution in [0.5, 0.6) is 0 Å². The largest absolute Gasteiger partial charge is 0.351 e. The Labute approximate surface area is 133 Å². The monoisotopic (exact) mass is 301 g/mol. The fourth-order valence-electron chi connectivity index (χ4n) is 3.01. The molecule has 1 aliphatic heterocycles. The molecule has 3 rings (SSSR count). The van der Waals surface area contributed by atoms with Crippen molar-refractivity contribution in [2.75, 3.05) is 26.2 Å². The molecule has 4 nitrogen and oxygen atoms in total. The van der Waals surface area contributed by atoms with Crippen LogP contribution in [0.15, 0.2) is 30.3 Å². The number of benzene rings is 1. The van der Waals surface area contributed by atoms with Gasteiger partial charge in [-0.3, -0.25) is 9.69 Å². The summed E-state index contributed by atoms with van der Waals surface area (Å²) < 4.78 is 0. The first-order valence-electron chi connectivity index (χ1n) is 8.56. The molecule has 1 aromatic rings. The van der Waals surface area contributed by atoms with E-state index in [1.807, 2.05) is 30.3 Å². The van der Waals surface area contributed by atoms with Gasteiger partial charge >= 0.3 is 0 Å². The highest BCUT2D eigenvalue weighted by molar-refractivity contribution is 5.78. The van der Waals surface area contributed by atoms with Crippen molar-refractivity contribution in [2.24, 2.45) is 5.92 Å². The van der Waals surface area contributed by atoms with Crippen LogP contribution in [0.4, 0.5) is 0 Å². The van der Waals surface area contributed by atoms with Crippen LogP contribution in [-0.2, 0) is 11.3 Å². The summed E-state index contributed by atoms with van der Waals surface area (Å²) >= 11 is 0. The number of nitrogens with one attached hydrogen (secondary N) is 2. The minimum atomic E-state index is 0.133. The number of likely N-dealkylation sites (tertiary alicyclic amines) is 1. The highest BCUT2D eigenvalue weighted by atomic mass is 16.2. The van der Waals surface area contributed by atoms with E-state index in [9.17, 15) is 4.79 Å². The lowest BCUT2D eigenvalue weighted by molar-refractivity contribution is -0.122. The summed E-state index contributed by atoms with van der Waals surface area (Å²) in [5, 5.41) is 6.69. The number of rotatable bonds is 7. The van der Waals surface area contributed by atoms with Crippen LogP contribution in [0, 0.1) is 5.92 Å². The van der Waals surface area contributed by atoms with Crippen molar-refractivity contribution in [2.45, 2.75) is 38.3 Å². The van der Waals surface area contributed by atoms with Gasteiger partial charge in [0.05, 0.1) is 6.54 Å². The second-order valence-corrected chi connectivity index (χ2v) is 6.66. The van der Waals surface area contributed by atoms with Crippen LogP contribution in [0.2, 0.25) is 0 Å². The van der Waals surface area contributed by atoms with E-state index in [4.69, 9.17) is 0 Å². The standard InChI is InChI=1S/C18H27N3O/c22-18(20-13-15-4-2-1-3-5-15)14-21-10-8-17(9-11-21)19-12-16-6-7-16/h1-5,16-17,19H,6-14H2,(H,20,22). The van der Waals surface area contributed by atoms with Gasteiger partial charge in [0.15, 0.2) is 0 Å². The molecule has 0 aromatic heterocycles.